The number of fused-ring (bicyclic) bond motifs is 1. The fourth-order valence-corrected chi connectivity index (χ4v) is 5.71. The van der Waals surface area contributed by atoms with Crippen molar-refractivity contribution in [3.8, 4) is 0 Å². The van der Waals surface area contributed by atoms with E-state index in [-0.39, 0.29) is 29.4 Å². The smallest absolute Gasteiger partial charge is 0.275 e. The van der Waals surface area contributed by atoms with Crippen LogP contribution in [0.3, 0.4) is 0 Å². The van der Waals surface area contributed by atoms with Crippen LogP contribution in [0.25, 0.3) is 0 Å². The summed E-state index contributed by atoms with van der Waals surface area (Å²) in [6, 6.07) is 16.4. The topological polar surface area (TPSA) is 83.3 Å². The number of hydrazine groups is 1. The van der Waals surface area contributed by atoms with Gasteiger partial charge in [-0.25, -0.2) is 9.02 Å². The highest BCUT2D eigenvalue weighted by atomic mass is 19.1. The van der Waals surface area contributed by atoms with Gasteiger partial charge in [0.25, 0.3) is 5.91 Å². The van der Waals surface area contributed by atoms with Crippen molar-refractivity contribution in [2.45, 2.75) is 32.2 Å². The monoisotopic (exact) mass is 483 g/mol. The van der Waals surface area contributed by atoms with E-state index in [0.29, 0.717) is 5.92 Å². The number of allylic oxidation sites excluding steroid dienone is 4. The lowest BCUT2D eigenvalue weighted by Gasteiger charge is -2.31. The molecule has 8 heteroatoms. The minimum absolute atomic E-state index is 0.170. The van der Waals surface area contributed by atoms with Crippen LogP contribution in [0.2, 0.25) is 0 Å². The van der Waals surface area contributed by atoms with Crippen molar-refractivity contribution >= 4 is 11.6 Å². The van der Waals surface area contributed by atoms with Crippen molar-refractivity contribution in [3.05, 3.63) is 113 Å². The first-order chi connectivity index (χ1) is 17.6. The Labute approximate surface area is 208 Å². The first-order valence-corrected chi connectivity index (χ1v) is 12.2. The molecular formula is C28H26FN5O2. The molecule has 0 spiro atoms. The molecule has 1 amide bonds. The highest BCUT2D eigenvalue weighted by Crippen LogP contribution is 2.49. The molecule has 2 N–H and O–H groups in total. The van der Waals surface area contributed by atoms with Gasteiger partial charge in [-0.2, -0.15) is 0 Å². The van der Waals surface area contributed by atoms with Crippen molar-refractivity contribution in [2.24, 2.45) is 11.8 Å². The van der Waals surface area contributed by atoms with Gasteiger partial charge in [0.2, 0.25) is 0 Å². The third-order valence-corrected chi connectivity index (χ3v) is 7.41. The van der Waals surface area contributed by atoms with Gasteiger partial charge in [0.15, 0.2) is 5.69 Å². The van der Waals surface area contributed by atoms with Gasteiger partial charge < -0.3 is 10.7 Å². The Balaban J connectivity index is 1.28. The average molecular weight is 484 g/mol. The van der Waals surface area contributed by atoms with Crippen LogP contribution in [0, 0.1) is 17.7 Å². The molecule has 0 saturated heterocycles. The molecule has 36 heavy (non-hydrogen) atoms. The maximum absolute atomic E-state index is 13.5. The van der Waals surface area contributed by atoms with E-state index in [9.17, 15) is 9.18 Å². The number of anilines is 1. The number of aromatic nitrogens is 2. The zero-order chi connectivity index (χ0) is 24.6. The van der Waals surface area contributed by atoms with Gasteiger partial charge in [-0.1, -0.05) is 48.0 Å². The van der Waals surface area contributed by atoms with Crippen LogP contribution in [-0.2, 0) is 0 Å². The predicted molar refractivity (Wildman–Crippen MR) is 133 cm³/mol. The normalized spacial score (nSPS) is 21.3. The van der Waals surface area contributed by atoms with E-state index >= 15 is 0 Å². The van der Waals surface area contributed by atoms with Gasteiger partial charge in [0.1, 0.15) is 12.0 Å². The Morgan fingerprint density at radius 1 is 1.22 bits per heavy atom. The summed E-state index contributed by atoms with van der Waals surface area (Å²) in [5, 5.41) is 12.4. The molecule has 1 aliphatic heterocycles. The highest BCUT2D eigenvalue weighted by molar-refractivity contribution is 5.92. The molecule has 6 rings (SSSR count). The largest absolute Gasteiger partial charge is 0.344 e. The number of hydrogen-bond donors (Lipinski definition) is 2. The van der Waals surface area contributed by atoms with E-state index in [1.165, 1.54) is 35.0 Å². The Morgan fingerprint density at radius 2 is 2.03 bits per heavy atom. The molecule has 1 aromatic heterocycles. The molecule has 7 nitrogen and oxygen atoms in total. The lowest BCUT2D eigenvalue weighted by Crippen LogP contribution is -2.31. The number of carbonyl (C=O) groups excluding carboxylic acids is 1. The maximum Gasteiger partial charge on any atom is 0.275 e. The molecule has 3 aromatic rings. The standard InChI is InChI=1S/C28H26FN5O2/c1-17-23-15-30-34(22-11-9-21(29)10-12-22)26(23)14-20-8-7-19(27(17)20)13-24(18-5-3-2-4-6-18)32-28(35)25-16-31-36-33-25/h2-6,9-12,14-17,19,24,30H,7-8,13H2,1H3,(H,32,35)/t17-,19+,24?/m0/s1. The summed E-state index contributed by atoms with van der Waals surface area (Å²) in [7, 11) is 0. The number of nitrogens with one attached hydrogen (secondary N) is 2. The Hall–Kier alpha value is -4.20. The van der Waals surface area contributed by atoms with Crippen molar-refractivity contribution in [2.75, 3.05) is 5.01 Å². The first kappa shape index (κ1) is 22.3. The molecule has 3 aliphatic rings. The average Bonchev–Trinajstić information content (AvgIpc) is 3.66. The van der Waals surface area contributed by atoms with Crippen molar-refractivity contribution in [1.82, 2.24) is 21.1 Å². The number of amides is 1. The van der Waals surface area contributed by atoms with E-state index in [2.05, 4.69) is 38.7 Å². The van der Waals surface area contributed by atoms with E-state index in [4.69, 9.17) is 0 Å². The SMILES string of the molecule is C[C@H]1C2=CNN(c3ccc(F)cc3)C2=CC2=C1[C@@H](CC(NC(=O)c1cnon1)c1ccccc1)CC2. The molecule has 2 aromatic carbocycles. The van der Waals surface area contributed by atoms with Gasteiger partial charge >= 0.3 is 0 Å². The summed E-state index contributed by atoms with van der Waals surface area (Å²) in [4.78, 5) is 12.8. The summed E-state index contributed by atoms with van der Waals surface area (Å²) in [5.74, 6) is 0.0151. The van der Waals surface area contributed by atoms with Gasteiger partial charge in [-0.15, -0.1) is 0 Å². The molecule has 182 valence electrons. The van der Waals surface area contributed by atoms with E-state index < -0.39 is 0 Å². The number of nitrogens with zero attached hydrogens (tertiary/aromatic N) is 3. The van der Waals surface area contributed by atoms with Gasteiger partial charge in [0, 0.05) is 17.7 Å². The molecular weight excluding hydrogens is 457 g/mol. The fraction of sp³-hybridized carbons (Fsp3) is 0.250. The zero-order valence-electron chi connectivity index (χ0n) is 19.8. The molecule has 0 radical (unpaired) electrons. The van der Waals surface area contributed by atoms with Crippen LogP contribution in [-0.4, -0.2) is 16.2 Å². The molecule has 1 unspecified atom stereocenters. The van der Waals surface area contributed by atoms with Crippen LogP contribution < -0.4 is 15.8 Å². The Morgan fingerprint density at radius 3 is 2.78 bits per heavy atom. The quantitative estimate of drug-likeness (QED) is 0.500. The molecule has 0 bridgehead atoms. The van der Waals surface area contributed by atoms with Crippen molar-refractivity contribution in [3.63, 3.8) is 0 Å². The van der Waals surface area contributed by atoms with E-state index in [0.717, 1.165) is 36.2 Å². The predicted octanol–water partition coefficient (Wildman–Crippen LogP) is 5.22. The summed E-state index contributed by atoms with van der Waals surface area (Å²) < 4.78 is 18.1. The lowest BCUT2D eigenvalue weighted by molar-refractivity contribution is 0.0921. The van der Waals surface area contributed by atoms with Crippen LogP contribution in [0.4, 0.5) is 10.1 Å². The summed E-state index contributed by atoms with van der Waals surface area (Å²) in [6.45, 7) is 2.25. The van der Waals surface area contributed by atoms with Crippen LogP contribution in [0.5, 0.6) is 0 Å². The third kappa shape index (κ3) is 3.98. The maximum atomic E-state index is 13.5. The summed E-state index contributed by atoms with van der Waals surface area (Å²) in [6.07, 6.45) is 8.45. The zero-order valence-corrected chi connectivity index (χ0v) is 19.8. The second-order valence-corrected chi connectivity index (χ2v) is 9.47. The molecule has 0 saturated carbocycles. The van der Waals surface area contributed by atoms with Crippen LogP contribution in [0.1, 0.15) is 48.3 Å². The number of benzene rings is 2. The Kier molecular flexibility index (Phi) is 5.64. The fourth-order valence-electron chi connectivity index (χ4n) is 5.71. The number of rotatable bonds is 6. The number of carbonyl (C=O) groups is 1. The second kappa shape index (κ2) is 9.11. The Bertz CT molecular complexity index is 1360. The molecule has 2 aliphatic carbocycles. The van der Waals surface area contributed by atoms with Gasteiger partial charge in [0.05, 0.1) is 17.4 Å². The molecule has 2 heterocycles. The number of halogens is 1. The minimum atomic E-state index is -0.297. The van der Waals surface area contributed by atoms with Crippen molar-refractivity contribution < 1.29 is 13.8 Å². The lowest BCUT2D eigenvalue weighted by atomic mass is 9.78. The van der Waals surface area contributed by atoms with Crippen LogP contribution in [0.15, 0.2) is 100 Å². The minimum Gasteiger partial charge on any atom is -0.344 e. The molecule has 3 atom stereocenters. The third-order valence-electron chi connectivity index (χ3n) is 7.41. The highest BCUT2D eigenvalue weighted by Gasteiger charge is 2.39. The van der Waals surface area contributed by atoms with Crippen molar-refractivity contribution in [1.29, 1.82) is 0 Å². The first-order valence-electron chi connectivity index (χ1n) is 12.2. The van der Waals surface area contributed by atoms with E-state index in [1.807, 2.05) is 41.5 Å². The van der Waals surface area contributed by atoms with Gasteiger partial charge in [-0.05, 0) is 71.8 Å². The summed E-state index contributed by atoms with van der Waals surface area (Å²) >= 11 is 0. The van der Waals surface area contributed by atoms with Gasteiger partial charge in [-0.3, -0.25) is 9.80 Å². The van der Waals surface area contributed by atoms with Crippen LogP contribution >= 0.6 is 0 Å². The molecule has 0 fully saturated rings. The number of hydrogen-bond acceptors (Lipinski definition) is 6. The van der Waals surface area contributed by atoms with E-state index in [1.54, 1.807) is 12.1 Å². The second-order valence-electron chi connectivity index (χ2n) is 9.47. The summed E-state index contributed by atoms with van der Waals surface area (Å²) in [5.41, 5.74) is 10.6.